The molecule has 0 radical (unpaired) electrons. The standard InChI is InChI=1S/C14H14O9/c1-22-14(21)11(18)12(13(19)20)23-10(17)5-3-7-2-4-8(15)9(16)6-7/h2-6,11-12,15-16,18H,1H3,(H,19,20)/b5-3+/t11-,12-/m1/s1. The molecule has 1 aromatic carbocycles. The topological polar surface area (TPSA) is 151 Å². The maximum Gasteiger partial charge on any atom is 0.348 e. The van der Waals surface area contributed by atoms with Gasteiger partial charge in [-0.25, -0.2) is 14.4 Å². The van der Waals surface area contributed by atoms with Gasteiger partial charge in [0.2, 0.25) is 6.10 Å². The van der Waals surface area contributed by atoms with Crippen molar-refractivity contribution < 1.29 is 44.3 Å². The highest BCUT2D eigenvalue weighted by atomic mass is 16.6. The Morgan fingerprint density at radius 3 is 2.35 bits per heavy atom. The molecule has 0 heterocycles. The van der Waals surface area contributed by atoms with Crippen molar-refractivity contribution in [3.05, 3.63) is 29.8 Å². The van der Waals surface area contributed by atoms with E-state index in [1.807, 2.05) is 0 Å². The zero-order valence-corrected chi connectivity index (χ0v) is 11.9. The maximum absolute atomic E-state index is 11.6. The van der Waals surface area contributed by atoms with Crippen LogP contribution in [0.5, 0.6) is 11.5 Å². The van der Waals surface area contributed by atoms with Gasteiger partial charge in [0.25, 0.3) is 0 Å². The predicted molar refractivity (Wildman–Crippen MR) is 74.3 cm³/mol. The number of carbonyl (C=O) groups is 3. The second kappa shape index (κ2) is 7.80. The summed E-state index contributed by atoms with van der Waals surface area (Å²) in [6.45, 7) is 0. The smallest absolute Gasteiger partial charge is 0.348 e. The number of carboxylic acids is 1. The highest BCUT2D eigenvalue weighted by Crippen LogP contribution is 2.25. The van der Waals surface area contributed by atoms with Gasteiger partial charge >= 0.3 is 17.9 Å². The molecule has 9 nitrogen and oxygen atoms in total. The van der Waals surface area contributed by atoms with Crippen LogP contribution in [-0.2, 0) is 23.9 Å². The molecule has 0 aliphatic carbocycles. The van der Waals surface area contributed by atoms with Crippen molar-refractivity contribution in [2.45, 2.75) is 12.2 Å². The van der Waals surface area contributed by atoms with E-state index in [4.69, 9.17) is 10.2 Å². The van der Waals surface area contributed by atoms with Crippen molar-refractivity contribution in [1.29, 1.82) is 0 Å². The lowest BCUT2D eigenvalue weighted by molar-refractivity contribution is -0.177. The van der Waals surface area contributed by atoms with Gasteiger partial charge in [0, 0.05) is 6.08 Å². The van der Waals surface area contributed by atoms with E-state index in [0.29, 0.717) is 5.56 Å². The molecule has 0 aromatic heterocycles. The molecule has 0 fully saturated rings. The van der Waals surface area contributed by atoms with Crippen molar-refractivity contribution >= 4 is 24.0 Å². The average molecular weight is 326 g/mol. The lowest BCUT2D eigenvalue weighted by Crippen LogP contribution is -2.43. The number of aromatic hydroxyl groups is 2. The van der Waals surface area contributed by atoms with Crippen LogP contribution in [0, 0.1) is 0 Å². The van der Waals surface area contributed by atoms with Gasteiger partial charge in [-0.1, -0.05) is 6.07 Å². The van der Waals surface area contributed by atoms with E-state index in [1.165, 1.54) is 18.2 Å². The Balaban J connectivity index is 2.79. The quantitative estimate of drug-likeness (QED) is 0.312. The van der Waals surface area contributed by atoms with Crippen LogP contribution in [0.1, 0.15) is 5.56 Å². The fraction of sp³-hybridized carbons (Fsp3) is 0.214. The number of hydrogen-bond acceptors (Lipinski definition) is 8. The third-order valence-corrected chi connectivity index (χ3v) is 2.63. The molecule has 23 heavy (non-hydrogen) atoms. The number of esters is 2. The number of carboxylic acid groups (broad SMARTS) is 1. The third-order valence-electron chi connectivity index (χ3n) is 2.63. The predicted octanol–water partition coefficient (Wildman–Crippen LogP) is -0.359. The molecule has 0 amide bonds. The van der Waals surface area contributed by atoms with Crippen LogP contribution in [0.2, 0.25) is 0 Å². The molecule has 0 saturated carbocycles. The van der Waals surface area contributed by atoms with Gasteiger partial charge in [0.1, 0.15) is 0 Å². The number of aliphatic hydroxyl groups excluding tert-OH is 1. The molecule has 1 rings (SSSR count). The van der Waals surface area contributed by atoms with Crippen LogP contribution in [0.25, 0.3) is 6.08 Å². The van der Waals surface area contributed by atoms with E-state index >= 15 is 0 Å². The Hall–Kier alpha value is -3.07. The minimum atomic E-state index is -2.17. The van der Waals surface area contributed by atoms with Gasteiger partial charge < -0.3 is 29.9 Å². The van der Waals surface area contributed by atoms with Gasteiger partial charge in [-0.3, -0.25) is 0 Å². The van der Waals surface area contributed by atoms with Gasteiger partial charge in [-0.2, -0.15) is 0 Å². The molecule has 0 unspecified atom stereocenters. The summed E-state index contributed by atoms with van der Waals surface area (Å²) in [6, 6.07) is 3.70. The van der Waals surface area contributed by atoms with Crippen LogP contribution in [-0.4, -0.2) is 57.7 Å². The first-order valence-electron chi connectivity index (χ1n) is 6.15. The minimum absolute atomic E-state index is 0.317. The fourth-order valence-electron chi connectivity index (χ4n) is 1.47. The molecule has 0 saturated heterocycles. The zero-order chi connectivity index (χ0) is 17.6. The molecular weight excluding hydrogens is 312 g/mol. The number of hydrogen-bond donors (Lipinski definition) is 4. The molecular formula is C14H14O9. The highest BCUT2D eigenvalue weighted by molar-refractivity contribution is 5.91. The Kier molecular flexibility index (Phi) is 6.10. The van der Waals surface area contributed by atoms with Crippen molar-refractivity contribution in [3.63, 3.8) is 0 Å². The normalized spacial score (nSPS) is 13.3. The molecule has 4 N–H and O–H groups in total. The summed E-state index contributed by atoms with van der Waals surface area (Å²) < 4.78 is 8.65. The first-order valence-corrected chi connectivity index (χ1v) is 6.15. The average Bonchev–Trinajstić information content (AvgIpc) is 2.51. The first-order chi connectivity index (χ1) is 10.8. The van der Waals surface area contributed by atoms with E-state index in [-0.39, 0.29) is 5.75 Å². The molecule has 0 spiro atoms. The molecule has 124 valence electrons. The van der Waals surface area contributed by atoms with Crippen molar-refractivity contribution in [3.8, 4) is 11.5 Å². The third kappa shape index (κ3) is 5.00. The zero-order valence-electron chi connectivity index (χ0n) is 11.9. The lowest BCUT2D eigenvalue weighted by atomic mass is 10.2. The van der Waals surface area contributed by atoms with Gasteiger partial charge in [0.05, 0.1) is 7.11 Å². The second-order valence-electron chi connectivity index (χ2n) is 4.25. The minimum Gasteiger partial charge on any atom is -0.504 e. The number of aliphatic carboxylic acids is 1. The molecule has 0 aliphatic heterocycles. The number of methoxy groups -OCH3 is 1. The number of phenols is 2. The maximum atomic E-state index is 11.6. The Bertz CT molecular complexity index is 635. The summed E-state index contributed by atoms with van der Waals surface area (Å²) in [4.78, 5) is 33.6. The Morgan fingerprint density at radius 1 is 1.17 bits per heavy atom. The van der Waals surface area contributed by atoms with Crippen LogP contribution in [0.4, 0.5) is 0 Å². The van der Waals surface area contributed by atoms with Crippen LogP contribution >= 0.6 is 0 Å². The second-order valence-corrected chi connectivity index (χ2v) is 4.25. The van der Waals surface area contributed by atoms with Gasteiger partial charge in [-0.15, -0.1) is 0 Å². The summed E-state index contributed by atoms with van der Waals surface area (Å²) in [6.07, 6.45) is -2.31. The van der Waals surface area contributed by atoms with E-state index in [1.54, 1.807) is 0 Å². The van der Waals surface area contributed by atoms with Crippen LogP contribution < -0.4 is 0 Å². The summed E-state index contributed by atoms with van der Waals surface area (Å²) >= 11 is 0. The van der Waals surface area contributed by atoms with Crippen molar-refractivity contribution in [1.82, 2.24) is 0 Å². The number of ether oxygens (including phenoxy) is 2. The number of rotatable bonds is 6. The van der Waals surface area contributed by atoms with Gasteiger partial charge in [-0.05, 0) is 23.8 Å². The van der Waals surface area contributed by atoms with E-state index in [0.717, 1.165) is 19.3 Å². The number of aliphatic hydroxyl groups is 1. The van der Waals surface area contributed by atoms with Crippen LogP contribution in [0.3, 0.4) is 0 Å². The summed E-state index contributed by atoms with van der Waals surface area (Å²) in [7, 11) is 0.934. The van der Waals surface area contributed by atoms with E-state index in [9.17, 15) is 24.6 Å². The first kappa shape index (κ1) is 18.0. The summed E-state index contributed by atoms with van der Waals surface area (Å²) in [5.74, 6) is -4.90. The largest absolute Gasteiger partial charge is 0.504 e. The Morgan fingerprint density at radius 2 is 1.83 bits per heavy atom. The van der Waals surface area contributed by atoms with Crippen molar-refractivity contribution in [2.24, 2.45) is 0 Å². The van der Waals surface area contributed by atoms with E-state index < -0.39 is 35.9 Å². The number of carbonyl (C=O) groups excluding carboxylic acids is 2. The lowest BCUT2D eigenvalue weighted by Gasteiger charge is -2.16. The molecule has 0 bridgehead atoms. The van der Waals surface area contributed by atoms with E-state index in [2.05, 4.69) is 9.47 Å². The highest BCUT2D eigenvalue weighted by Gasteiger charge is 2.36. The molecule has 1 aromatic rings. The monoisotopic (exact) mass is 326 g/mol. The van der Waals surface area contributed by atoms with Crippen LogP contribution in [0.15, 0.2) is 24.3 Å². The number of phenolic OH excluding ortho intramolecular Hbond substituents is 2. The van der Waals surface area contributed by atoms with Gasteiger partial charge in [0.15, 0.2) is 17.6 Å². The Labute approximate surface area is 130 Å². The SMILES string of the molecule is COC(=O)[C@H](O)[C@@H](OC(=O)/C=C/c1ccc(O)c(O)c1)C(=O)O. The number of benzene rings is 1. The fourth-order valence-corrected chi connectivity index (χ4v) is 1.47. The molecule has 2 atom stereocenters. The molecule has 9 heteroatoms. The summed E-state index contributed by atoms with van der Waals surface area (Å²) in [5, 5.41) is 36.7. The molecule has 0 aliphatic rings. The van der Waals surface area contributed by atoms with Crippen molar-refractivity contribution in [2.75, 3.05) is 7.11 Å². The summed E-state index contributed by atoms with van der Waals surface area (Å²) in [5.41, 5.74) is 0.317.